The van der Waals surface area contributed by atoms with Crippen LogP contribution >= 0.6 is 15.9 Å². The molecule has 3 rings (SSSR count). The van der Waals surface area contributed by atoms with Crippen molar-refractivity contribution < 1.29 is 9.34 Å². The first-order valence-electron chi connectivity index (χ1n) is 5.98. The fraction of sp³-hybridized carbons (Fsp3) is 0. The van der Waals surface area contributed by atoms with Crippen LogP contribution in [0.2, 0.25) is 0 Å². The maximum Gasteiger partial charge on any atom is 0.282 e. The van der Waals surface area contributed by atoms with Gasteiger partial charge in [-0.05, 0) is 24.3 Å². The first kappa shape index (κ1) is 13.4. The van der Waals surface area contributed by atoms with Crippen molar-refractivity contribution in [2.45, 2.75) is 0 Å². The second kappa shape index (κ2) is 5.45. The molecule has 1 heterocycles. The van der Waals surface area contributed by atoms with Gasteiger partial charge < -0.3 is 4.42 Å². The fourth-order valence-electron chi connectivity index (χ4n) is 1.88. The van der Waals surface area contributed by atoms with Gasteiger partial charge in [0.05, 0.1) is 4.92 Å². The van der Waals surface area contributed by atoms with Gasteiger partial charge in [0.15, 0.2) is 0 Å². The zero-order valence-corrected chi connectivity index (χ0v) is 12.1. The van der Waals surface area contributed by atoms with Crippen molar-refractivity contribution in [3.8, 4) is 22.9 Å². The fourth-order valence-corrected chi connectivity index (χ4v) is 2.28. The Morgan fingerprint density at radius 3 is 2.57 bits per heavy atom. The highest BCUT2D eigenvalue weighted by Crippen LogP contribution is 2.31. The average molecular weight is 346 g/mol. The third kappa shape index (κ3) is 2.68. The molecule has 0 amide bonds. The quantitative estimate of drug-likeness (QED) is 0.527. The summed E-state index contributed by atoms with van der Waals surface area (Å²) >= 11 is 3.36. The third-order valence-electron chi connectivity index (χ3n) is 2.83. The smallest absolute Gasteiger partial charge is 0.282 e. The Morgan fingerprint density at radius 2 is 1.81 bits per heavy atom. The minimum Gasteiger partial charge on any atom is -0.416 e. The van der Waals surface area contributed by atoms with Crippen LogP contribution in [0, 0.1) is 10.1 Å². The van der Waals surface area contributed by atoms with E-state index >= 15 is 0 Å². The van der Waals surface area contributed by atoms with Crippen LogP contribution in [0.15, 0.2) is 57.4 Å². The van der Waals surface area contributed by atoms with Crippen LogP contribution in [-0.2, 0) is 0 Å². The SMILES string of the molecule is O=[N+]([O-])c1ccccc1-c1nnc(-c2cccc(Br)c2)o1. The summed E-state index contributed by atoms with van der Waals surface area (Å²) in [5.74, 6) is 0.432. The first-order chi connectivity index (χ1) is 10.1. The zero-order valence-electron chi connectivity index (χ0n) is 10.6. The number of rotatable bonds is 3. The Balaban J connectivity index is 2.05. The maximum atomic E-state index is 11.0. The lowest BCUT2D eigenvalue weighted by atomic mass is 10.2. The van der Waals surface area contributed by atoms with Crippen molar-refractivity contribution in [2.75, 3.05) is 0 Å². The van der Waals surface area contributed by atoms with Crippen LogP contribution in [0.1, 0.15) is 0 Å². The molecule has 104 valence electrons. The summed E-state index contributed by atoms with van der Waals surface area (Å²) in [4.78, 5) is 10.6. The maximum absolute atomic E-state index is 11.0. The van der Waals surface area contributed by atoms with E-state index in [9.17, 15) is 10.1 Å². The lowest BCUT2D eigenvalue weighted by Gasteiger charge is -1.97. The minimum atomic E-state index is -0.474. The Labute approximate surface area is 127 Å². The Kier molecular flexibility index (Phi) is 3.49. The standard InChI is InChI=1S/C14H8BrN3O3/c15-10-5-3-4-9(8-10)13-16-17-14(21-13)11-6-1-2-7-12(11)18(19)20/h1-8H. The average Bonchev–Trinajstić information content (AvgIpc) is 2.97. The van der Waals surface area contributed by atoms with Gasteiger partial charge in [-0.25, -0.2) is 0 Å². The van der Waals surface area contributed by atoms with Crippen molar-refractivity contribution in [2.24, 2.45) is 0 Å². The van der Waals surface area contributed by atoms with Gasteiger partial charge in [0.1, 0.15) is 5.56 Å². The predicted molar refractivity (Wildman–Crippen MR) is 79.5 cm³/mol. The number of aromatic nitrogens is 2. The van der Waals surface area contributed by atoms with Crippen LogP contribution in [0.4, 0.5) is 5.69 Å². The number of para-hydroxylation sites is 1. The van der Waals surface area contributed by atoms with E-state index in [1.54, 1.807) is 18.2 Å². The summed E-state index contributed by atoms with van der Waals surface area (Å²) in [6.07, 6.45) is 0. The van der Waals surface area contributed by atoms with E-state index in [2.05, 4.69) is 26.1 Å². The highest BCUT2D eigenvalue weighted by atomic mass is 79.9. The molecule has 1 aromatic heterocycles. The summed E-state index contributed by atoms with van der Waals surface area (Å²) in [5.41, 5.74) is 0.972. The molecule has 0 saturated carbocycles. The van der Waals surface area contributed by atoms with Crippen LogP contribution in [-0.4, -0.2) is 15.1 Å². The van der Waals surface area contributed by atoms with E-state index < -0.39 is 4.92 Å². The molecule has 0 bridgehead atoms. The number of halogens is 1. The summed E-state index contributed by atoms with van der Waals surface area (Å²) in [6, 6.07) is 13.6. The lowest BCUT2D eigenvalue weighted by molar-refractivity contribution is -0.384. The second-order valence-electron chi connectivity index (χ2n) is 4.20. The predicted octanol–water partition coefficient (Wildman–Crippen LogP) is 4.07. The van der Waals surface area contributed by atoms with Gasteiger partial charge in [-0.1, -0.05) is 34.1 Å². The highest BCUT2D eigenvalue weighted by Gasteiger charge is 2.19. The van der Waals surface area contributed by atoms with Crippen molar-refractivity contribution in [3.63, 3.8) is 0 Å². The van der Waals surface area contributed by atoms with Crippen LogP contribution < -0.4 is 0 Å². The molecule has 7 heteroatoms. The lowest BCUT2D eigenvalue weighted by Crippen LogP contribution is -1.91. The molecule has 0 aliphatic heterocycles. The summed E-state index contributed by atoms with van der Waals surface area (Å²) in [6.45, 7) is 0. The number of hydrogen-bond acceptors (Lipinski definition) is 5. The molecule has 0 spiro atoms. The van der Waals surface area contributed by atoms with Crippen molar-refractivity contribution in [3.05, 3.63) is 63.1 Å². The molecule has 0 saturated heterocycles. The highest BCUT2D eigenvalue weighted by molar-refractivity contribution is 9.10. The number of benzene rings is 2. The molecule has 0 aliphatic rings. The monoisotopic (exact) mass is 345 g/mol. The van der Waals surface area contributed by atoms with Crippen molar-refractivity contribution in [1.82, 2.24) is 10.2 Å². The van der Waals surface area contributed by atoms with E-state index in [1.807, 2.05) is 24.3 Å². The van der Waals surface area contributed by atoms with Crippen LogP contribution in [0.5, 0.6) is 0 Å². The molecule has 0 aliphatic carbocycles. The number of hydrogen-bond donors (Lipinski definition) is 0. The zero-order chi connectivity index (χ0) is 14.8. The van der Waals surface area contributed by atoms with Gasteiger partial charge in [-0.2, -0.15) is 0 Å². The number of nitrogens with zero attached hydrogens (tertiary/aromatic N) is 3. The molecule has 0 fully saturated rings. The van der Waals surface area contributed by atoms with Crippen molar-refractivity contribution >= 4 is 21.6 Å². The first-order valence-corrected chi connectivity index (χ1v) is 6.77. The van der Waals surface area contributed by atoms with Gasteiger partial charge in [0.2, 0.25) is 5.89 Å². The summed E-state index contributed by atoms with van der Waals surface area (Å²) in [5, 5.41) is 18.9. The van der Waals surface area contributed by atoms with E-state index in [-0.39, 0.29) is 11.6 Å². The Bertz CT molecular complexity index is 816. The molecule has 0 unspecified atom stereocenters. The number of nitro benzene ring substituents is 1. The van der Waals surface area contributed by atoms with Gasteiger partial charge in [-0.15, -0.1) is 10.2 Å². The second-order valence-corrected chi connectivity index (χ2v) is 5.11. The van der Waals surface area contributed by atoms with Crippen LogP contribution in [0.25, 0.3) is 22.9 Å². The molecule has 3 aromatic rings. The van der Waals surface area contributed by atoms with Crippen LogP contribution in [0.3, 0.4) is 0 Å². The van der Waals surface area contributed by atoms with Gasteiger partial charge in [0, 0.05) is 16.1 Å². The molecule has 0 radical (unpaired) electrons. The van der Waals surface area contributed by atoms with E-state index in [1.165, 1.54) is 6.07 Å². The summed E-state index contributed by atoms with van der Waals surface area (Å²) < 4.78 is 6.43. The van der Waals surface area contributed by atoms with Gasteiger partial charge in [0.25, 0.3) is 11.6 Å². The normalized spacial score (nSPS) is 10.5. The molecular weight excluding hydrogens is 338 g/mol. The van der Waals surface area contributed by atoms with E-state index in [4.69, 9.17) is 4.42 Å². The van der Waals surface area contributed by atoms with E-state index in [0.29, 0.717) is 11.5 Å². The molecular formula is C14H8BrN3O3. The van der Waals surface area contributed by atoms with Gasteiger partial charge in [-0.3, -0.25) is 10.1 Å². The Hall–Kier alpha value is -2.54. The molecule has 2 aromatic carbocycles. The summed E-state index contributed by atoms with van der Waals surface area (Å²) in [7, 11) is 0. The molecule has 0 N–H and O–H groups in total. The molecule has 21 heavy (non-hydrogen) atoms. The third-order valence-corrected chi connectivity index (χ3v) is 3.32. The largest absolute Gasteiger partial charge is 0.416 e. The minimum absolute atomic E-state index is 0.0676. The van der Waals surface area contributed by atoms with E-state index in [0.717, 1.165) is 10.0 Å². The Morgan fingerprint density at radius 1 is 1.05 bits per heavy atom. The van der Waals surface area contributed by atoms with Crippen molar-refractivity contribution in [1.29, 1.82) is 0 Å². The number of nitro groups is 1. The molecule has 0 atom stereocenters. The molecule has 6 nitrogen and oxygen atoms in total. The van der Waals surface area contributed by atoms with Gasteiger partial charge >= 0.3 is 0 Å². The topological polar surface area (TPSA) is 82.1 Å².